The number of hydrogen-bond acceptors (Lipinski definition) is 8. The standard InChI is InChI=1S/C21H23FN8O2/c1-28(21(31)32-3)16-17(23)26-20(29(2)18(16)24)15-13-8-6-10-25-19(13)30(27-15)11-12-7-4-5-9-14(12)22/h4-10,20H,11,24H2,1-3H3,(H2,23,26). The first-order valence-corrected chi connectivity index (χ1v) is 9.76. The SMILES string of the molecule is COC(=O)N(C)C1=C(N)N(C)C(c2nn(Cc3ccccc3F)c3ncccc23)N=C1N. The van der Waals surface area contributed by atoms with Crippen molar-refractivity contribution in [1.82, 2.24) is 24.6 Å². The number of carbonyl (C=O) groups is 1. The van der Waals surface area contributed by atoms with Crippen LogP contribution >= 0.6 is 0 Å². The topological polar surface area (TPSA) is 128 Å². The first-order valence-electron chi connectivity index (χ1n) is 9.76. The number of aromatic nitrogens is 3. The van der Waals surface area contributed by atoms with E-state index in [1.807, 2.05) is 6.07 Å². The Kier molecular flexibility index (Phi) is 5.39. The fourth-order valence-electron chi connectivity index (χ4n) is 3.65. The van der Waals surface area contributed by atoms with Gasteiger partial charge >= 0.3 is 6.09 Å². The lowest BCUT2D eigenvalue weighted by Crippen LogP contribution is -2.44. The van der Waals surface area contributed by atoms with Crippen LogP contribution in [0.5, 0.6) is 0 Å². The number of halogens is 1. The van der Waals surface area contributed by atoms with Gasteiger partial charge in [0.1, 0.15) is 28.9 Å². The van der Waals surface area contributed by atoms with Crippen molar-refractivity contribution in [2.45, 2.75) is 12.7 Å². The van der Waals surface area contributed by atoms with Gasteiger partial charge in [-0.15, -0.1) is 0 Å². The molecule has 0 aliphatic carbocycles. The molecule has 0 fully saturated rings. The van der Waals surface area contributed by atoms with Gasteiger partial charge in [0, 0.05) is 31.2 Å². The van der Waals surface area contributed by atoms with Gasteiger partial charge in [0.05, 0.1) is 13.7 Å². The van der Waals surface area contributed by atoms with Crippen molar-refractivity contribution >= 4 is 23.0 Å². The molecular formula is C21H23FN8O2. The van der Waals surface area contributed by atoms with E-state index >= 15 is 0 Å². The van der Waals surface area contributed by atoms with E-state index in [-0.39, 0.29) is 29.7 Å². The fourth-order valence-corrected chi connectivity index (χ4v) is 3.65. The normalized spacial score (nSPS) is 16.3. The number of ether oxygens (including phenoxy) is 1. The molecule has 1 amide bonds. The van der Waals surface area contributed by atoms with Crippen LogP contribution in [0.4, 0.5) is 9.18 Å². The van der Waals surface area contributed by atoms with E-state index < -0.39 is 12.3 Å². The van der Waals surface area contributed by atoms with Crippen molar-refractivity contribution in [3.63, 3.8) is 0 Å². The molecule has 0 radical (unpaired) electrons. The van der Waals surface area contributed by atoms with Crippen molar-refractivity contribution in [3.05, 3.63) is 71.2 Å². The van der Waals surface area contributed by atoms with Gasteiger partial charge in [-0.25, -0.2) is 23.8 Å². The zero-order chi connectivity index (χ0) is 23.0. The highest BCUT2D eigenvalue weighted by Gasteiger charge is 2.33. The predicted octanol–water partition coefficient (Wildman–Crippen LogP) is 1.75. The van der Waals surface area contributed by atoms with Crippen LogP contribution in [0.25, 0.3) is 11.0 Å². The minimum absolute atomic E-state index is 0.0687. The Morgan fingerprint density at radius 3 is 2.72 bits per heavy atom. The number of aliphatic imine (C=N–C) groups is 1. The second-order valence-electron chi connectivity index (χ2n) is 7.27. The number of likely N-dealkylation sites (N-methyl/N-ethyl adjacent to an activating group) is 1. The Hall–Kier alpha value is -4.15. The van der Waals surface area contributed by atoms with Crippen molar-refractivity contribution in [2.24, 2.45) is 16.5 Å². The zero-order valence-electron chi connectivity index (χ0n) is 17.9. The summed E-state index contributed by atoms with van der Waals surface area (Å²) in [5.41, 5.74) is 14.4. The van der Waals surface area contributed by atoms with Crippen LogP contribution in [0.3, 0.4) is 0 Å². The lowest BCUT2D eigenvalue weighted by molar-refractivity contribution is 0.143. The summed E-state index contributed by atoms with van der Waals surface area (Å²) in [6.45, 7) is 0.192. The molecule has 3 heterocycles. The quantitative estimate of drug-likeness (QED) is 0.635. The molecule has 1 aliphatic rings. The van der Waals surface area contributed by atoms with Crippen molar-refractivity contribution in [3.8, 4) is 0 Å². The van der Waals surface area contributed by atoms with Crippen molar-refractivity contribution < 1.29 is 13.9 Å². The number of hydrogen-bond donors (Lipinski definition) is 2. The summed E-state index contributed by atoms with van der Waals surface area (Å²) >= 11 is 0. The average Bonchev–Trinajstić information content (AvgIpc) is 3.15. The van der Waals surface area contributed by atoms with Gasteiger partial charge in [-0.2, -0.15) is 5.10 Å². The number of pyridine rings is 1. The number of nitrogens with two attached hydrogens (primary N) is 2. The predicted molar refractivity (Wildman–Crippen MR) is 117 cm³/mol. The molecule has 1 aromatic carbocycles. The first kappa shape index (κ1) is 21.1. The van der Waals surface area contributed by atoms with E-state index in [2.05, 4.69) is 15.1 Å². The summed E-state index contributed by atoms with van der Waals surface area (Å²) in [7, 11) is 4.48. The monoisotopic (exact) mass is 438 g/mol. The van der Waals surface area contributed by atoms with Gasteiger partial charge in [-0.3, -0.25) is 4.90 Å². The summed E-state index contributed by atoms with van der Waals surface area (Å²) in [6, 6.07) is 10.1. The van der Waals surface area contributed by atoms with E-state index in [0.717, 1.165) is 5.39 Å². The Morgan fingerprint density at radius 1 is 1.25 bits per heavy atom. The lowest BCUT2D eigenvalue weighted by Gasteiger charge is -2.34. The molecule has 0 bridgehead atoms. The maximum atomic E-state index is 14.2. The molecule has 0 saturated heterocycles. The number of amidine groups is 1. The van der Waals surface area contributed by atoms with Crippen molar-refractivity contribution in [2.75, 3.05) is 21.2 Å². The third-order valence-electron chi connectivity index (χ3n) is 5.34. The van der Waals surface area contributed by atoms with Crippen LogP contribution in [0.15, 0.2) is 59.1 Å². The van der Waals surface area contributed by atoms with Crippen LogP contribution in [0.2, 0.25) is 0 Å². The van der Waals surface area contributed by atoms with Gasteiger partial charge < -0.3 is 21.1 Å². The summed E-state index contributed by atoms with van der Waals surface area (Å²) in [4.78, 5) is 23.8. The molecule has 32 heavy (non-hydrogen) atoms. The van der Waals surface area contributed by atoms with Gasteiger partial charge in [-0.05, 0) is 18.2 Å². The summed E-state index contributed by atoms with van der Waals surface area (Å²) in [5, 5.41) is 5.42. The smallest absolute Gasteiger partial charge is 0.413 e. The molecule has 4 N–H and O–H groups in total. The fraction of sp³-hybridized carbons (Fsp3) is 0.238. The third kappa shape index (κ3) is 3.47. The van der Waals surface area contributed by atoms with Gasteiger partial charge in [0.15, 0.2) is 11.8 Å². The van der Waals surface area contributed by atoms with Crippen LogP contribution < -0.4 is 11.5 Å². The molecule has 11 heteroatoms. The number of nitrogens with zero attached hydrogens (tertiary/aromatic N) is 6. The maximum Gasteiger partial charge on any atom is 0.413 e. The second kappa shape index (κ2) is 8.17. The Labute approximate surface area is 183 Å². The first-order chi connectivity index (χ1) is 15.3. The number of benzene rings is 1. The van der Waals surface area contributed by atoms with Crippen LogP contribution in [-0.4, -0.2) is 57.7 Å². The Morgan fingerprint density at radius 2 is 2.00 bits per heavy atom. The van der Waals surface area contributed by atoms with Crippen LogP contribution in [0.1, 0.15) is 17.4 Å². The number of amides is 1. The van der Waals surface area contributed by atoms with Crippen molar-refractivity contribution in [1.29, 1.82) is 0 Å². The molecule has 0 spiro atoms. The van der Waals surface area contributed by atoms with E-state index in [1.165, 1.54) is 25.1 Å². The molecule has 1 aliphatic heterocycles. The lowest BCUT2D eigenvalue weighted by atomic mass is 10.1. The summed E-state index contributed by atoms with van der Waals surface area (Å²) < 4.78 is 20.6. The number of rotatable bonds is 4. The molecule has 1 atom stereocenters. The average molecular weight is 438 g/mol. The van der Waals surface area contributed by atoms with Gasteiger partial charge in [0.2, 0.25) is 0 Å². The van der Waals surface area contributed by atoms with Crippen LogP contribution in [0, 0.1) is 5.82 Å². The second-order valence-corrected chi connectivity index (χ2v) is 7.27. The Bertz CT molecular complexity index is 1250. The third-order valence-corrected chi connectivity index (χ3v) is 5.34. The maximum absolute atomic E-state index is 14.2. The highest BCUT2D eigenvalue weighted by molar-refractivity contribution is 6.00. The summed E-state index contributed by atoms with van der Waals surface area (Å²) in [5.74, 6) is -0.0244. The molecule has 2 aromatic heterocycles. The largest absolute Gasteiger partial charge is 0.452 e. The minimum atomic E-state index is -0.668. The summed E-state index contributed by atoms with van der Waals surface area (Å²) in [6.07, 6.45) is 0.348. The molecule has 10 nitrogen and oxygen atoms in total. The molecule has 0 saturated carbocycles. The van der Waals surface area contributed by atoms with E-state index in [1.54, 1.807) is 47.1 Å². The van der Waals surface area contributed by atoms with Gasteiger partial charge in [0.25, 0.3) is 0 Å². The molecular weight excluding hydrogens is 415 g/mol. The molecule has 1 unspecified atom stereocenters. The minimum Gasteiger partial charge on any atom is -0.452 e. The van der Waals surface area contributed by atoms with Crippen LogP contribution in [-0.2, 0) is 11.3 Å². The molecule has 3 aromatic rings. The Balaban J connectivity index is 1.77. The highest BCUT2D eigenvalue weighted by Crippen LogP contribution is 2.32. The number of carbonyl (C=O) groups excluding carboxylic acids is 1. The molecule has 4 rings (SSSR count). The van der Waals surface area contributed by atoms with E-state index in [0.29, 0.717) is 16.9 Å². The molecule has 166 valence electrons. The van der Waals surface area contributed by atoms with E-state index in [9.17, 15) is 9.18 Å². The highest BCUT2D eigenvalue weighted by atomic mass is 19.1. The number of fused-ring (bicyclic) bond motifs is 1. The van der Waals surface area contributed by atoms with E-state index in [4.69, 9.17) is 16.2 Å². The van der Waals surface area contributed by atoms with Gasteiger partial charge in [-0.1, -0.05) is 18.2 Å². The number of methoxy groups -OCH3 is 1. The zero-order valence-corrected chi connectivity index (χ0v) is 17.9.